The Bertz CT molecular complexity index is 632. The lowest BCUT2D eigenvalue weighted by Crippen LogP contribution is -2.39. The average molecular weight is 407 g/mol. The van der Waals surface area contributed by atoms with Crippen molar-refractivity contribution < 1.29 is 14.3 Å². The fourth-order valence-electron chi connectivity index (χ4n) is 2.68. The number of hydrogen-bond donors (Lipinski definition) is 2. The molecule has 164 valence electrons. The Morgan fingerprint density at radius 3 is 2.59 bits per heavy atom. The number of rotatable bonds is 12. The Morgan fingerprint density at radius 2 is 1.97 bits per heavy atom. The first kappa shape index (κ1) is 24.8. The number of nitrogens with one attached hydrogen (secondary N) is 2. The van der Waals surface area contributed by atoms with E-state index >= 15 is 0 Å². The Hall–Kier alpha value is -2.28. The van der Waals surface area contributed by atoms with Crippen LogP contribution in [0.15, 0.2) is 29.3 Å². The summed E-state index contributed by atoms with van der Waals surface area (Å²) in [5.74, 6) is 1.86. The molecule has 0 aliphatic rings. The van der Waals surface area contributed by atoms with Crippen LogP contribution in [0, 0.1) is 5.92 Å². The van der Waals surface area contributed by atoms with Gasteiger partial charge in [0.25, 0.3) is 5.91 Å². The third kappa shape index (κ3) is 10.2. The van der Waals surface area contributed by atoms with Gasteiger partial charge in [-0.1, -0.05) is 26.0 Å². The first-order chi connectivity index (χ1) is 13.9. The van der Waals surface area contributed by atoms with Crippen molar-refractivity contribution in [1.82, 2.24) is 15.5 Å². The summed E-state index contributed by atoms with van der Waals surface area (Å²) in [5.41, 5.74) is 1.02. The van der Waals surface area contributed by atoms with E-state index in [4.69, 9.17) is 9.47 Å². The SMILES string of the molecule is CCNC(=NCc1cccc(OCC(=O)N(C)C)c1)NCCC(OCC)C(C)C. The maximum Gasteiger partial charge on any atom is 0.259 e. The fourth-order valence-corrected chi connectivity index (χ4v) is 2.68. The van der Waals surface area contributed by atoms with Crippen LogP contribution >= 0.6 is 0 Å². The highest BCUT2D eigenvalue weighted by atomic mass is 16.5. The number of carbonyl (C=O) groups is 1. The molecule has 1 atom stereocenters. The Kier molecular flexibility index (Phi) is 11.8. The average Bonchev–Trinajstić information content (AvgIpc) is 2.69. The molecule has 7 nitrogen and oxygen atoms in total. The number of ether oxygens (including phenoxy) is 2. The minimum atomic E-state index is -0.0705. The van der Waals surface area contributed by atoms with Gasteiger partial charge >= 0.3 is 0 Å². The van der Waals surface area contributed by atoms with E-state index in [-0.39, 0.29) is 18.6 Å². The van der Waals surface area contributed by atoms with E-state index in [1.807, 2.05) is 38.1 Å². The summed E-state index contributed by atoms with van der Waals surface area (Å²) >= 11 is 0. The molecular formula is C22H38N4O3. The van der Waals surface area contributed by atoms with E-state index < -0.39 is 0 Å². The van der Waals surface area contributed by atoms with Crippen LogP contribution in [0.25, 0.3) is 0 Å². The van der Waals surface area contributed by atoms with Crippen LogP contribution in [-0.4, -0.2) is 63.3 Å². The van der Waals surface area contributed by atoms with E-state index in [9.17, 15) is 4.79 Å². The Balaban J connectivity index is 2.61. The molecule has 1 unspecified atom stereocenters. The maximum atomic E-state index is 11.7. The van der Waals surface area contributed by atoms with Gasteiger partial charge < -0.3 is 25.0 Å². The highest BCUT2D eigenvalue weighted by Crippen LogP contribution is 2.14. The van der Waals surface area contributed by atoms with Crippen molar-refractivity contribution in [3.8, 4) is 5.75 Å². The molecule has 0 spiro atoms. The van der Waals surface area contributed by atoms with Crippen molar-refractivity contribution in [2.45, 2.75) is 46.8 Å². The Labute approximate surface area is 175 Å². The second kappa shape index (κ2) is 13.8. The number of carbonyl (C=O) groups excluding carboxylic acids is 1. The number of aliphatic imine (C=N–C) groups is 1. The molecule has 1 rings (SSSR count). The van der Waals surface area contributed by atoms with E-state index in [1.54, 1.807) is 14.1 Å². The minimum absolute atomic E-state index is 0.0285. The van der Waals surface area contributed by atoms with Crippen molar-refractivity contribution in [3.63, 3.8) is 0 Å². The molecule has 0 bridgehead atoms. The molecule has 7 heteroatoms. The van der Waals surface area contributed by atoms with Crippen molar-refractivity contribution >= 4 is 11.9 Å². The summed E-state index contributed by atoms with van der Waals surface area (Å²) in [6, 6.07) is 7.67. The lowest BCUT2D eigenvalue weighted by Gasteiger charge is -2.21. The topological polar surface area (TPSA) is 75.2 Å². The first-order valence-corrected chi connectivity index (χ1v) is 10.4. The zero-order valence-electron chi connectivity index (χ0n) is 18.8. The van der Waals surface area contributed by atoms with Crippen LogP contribution in [0.1, 0.15) is 39.7 Å². The standard InChI is InChI=1S/C22H38N4O3/c1-7-23-22(24-13-12-20(17(3)4)28-8-2)25-15-18-10-9-11-19(14-18)29-16-21(27)26(5)6/h9-11,14,17,20H,7-8,12-13,15-16H2,1-6H3,(H2,23,24,25). The molecule has 0 heterocycles. The van der Waals surface area contributed by atoms with Gasteiger partial charge in [0.15, 0.2) is 12.6 Å². The van der Waals surface area contributed by atoms with E-state index in [1.165, 1.54) is 4.90 Å². The zero-order valence-corrected chi connectivity index (χ0v) is 18.8. The van der Waals surface area contributed by atoms with Gasteiger partial charge in [0, 0.05) is 33.8 Å². The van der Waals surface area contributed by atoms with Crippen molar-refractivity contribution in [2.75, 3.05) is 40.4 Å². The minimum Gasteiger partial charge on any atom is -0.484 e. The van der Waals surface area contributed by atoms with Crippen LogP contribution in [-0.2, 0) is 16.1 Å². The van der Waals surface area contributed by atoms with Gasteiger partial charge in [0.2, 0.25) is 0 Å². The Morgan fingerprint density at radius 1 is 1.21 bits per heavy atom. The molecule has 1 aromatic rings. The van der Waals surface area contributed by atoms with Gasteiger partial charge in [-0.05, 0) is 43.9 Å². The van der Waals surface area contributed by atoms with Gasteiger partial charge in [0.05, 0.1) is 12.6 Å². The van der Waals surface area contributed by atoms with Gasteiger partial charge in [-0.3, -0.25) is 4.79 Å². The largest absolute Gasteiger partial charge is 0.484 e. The predicted octanol–water partition coefficient (Wildman–Crippen LogP) is 2.66. The third-order valence-electron chi connectivity index (χ3n) is 4.37. The van der Waals surface area contributed by atoms with Crippen LogP contribution in [0.5, 0.6) is 5.75 Å². The van der Waals surface area contributed by atoms with Gasteiger partial charge in [-0.2, -0.15) is 0 Å². The number of benzene rings is 1. The first-order valence-electron chi connectivity index (χ1n) is 10.4. The van der Waals surface area contributed by atoms with E-state index in [0.717, 1.165) is 37.6 Å². The molecule has 1 aromatic carbocycles. The molecule has 1 amide bonds. The molecule has 0 radical (unpaired) electrons. The highest BCUT2D eigenvalue weighted by Gasteiger charge is 2.13. The van der Waals surface area contributed by atoms with Crippen molar-refractivity contribution in [3.05, 3.63) is 29.8 Å². The fraction of sp³-hybridized carbons (Fsp3) is 0.636. The molecule has 29 heavy (non-hydrogen) atoms. The highest BCUT2D eigenvalue weighted by molar-refractivity contribution is 5.79. The monoisotopic (exact) mass is 406 g/mol. The van der Waals surface area contributed by atoms with Crippen LogP contribution in [0.4, 0.5) is 0 Å². The summed E-state index contributed by atoms with van der Waals surface area (Å²) in [5, 5.41) is 6.65. The molecule has 0 aromatic heterocycles. The quantitative estimate of drug-likeness (QED) is 0.412. The second-order valence-electron chi connectivity index (χ2n) is 7.37. The number of amides is 1. The molecular weight excluding hydrogens is 368 g/mol. The summed E-state index contributed by atoms with van der Waals surface area (Å²) < 4.78 is 11.4. The number of guanidine groups is 1. The van der Waals surface area contributed by atoms with Crippen LogP contribution in [0.3, 0.4) is 0 Å². The summed E-state index contributed by atoms with van der Waals surface area (Å²) in [4.78, 5) is 17.8. The van der Waals surface area contributed by atoms with Crippen molar-refractivity contribution in [1.29, 1.82) is 0 Å². The summed E-state index contributed by atoms with van der Waals surface area (Å²) in [7, 11) is 3.42. The summed E-state index contributed by atoms with van der Waals surface area (Å²) in [6.45, 7) is 11.3. The molecule has 0 aliphatic carbocycles. The van der Waals surface area contributed by atoms with Crippen LogP contribution in [0.2, 0.25) is 0 Å². The number of nitrogens with zero attached hydrogens (tertiary/aromatic N) is 2. The predicted molar refractivity (Wildman–Crippen MR) is 118 cm³/mol. The second-order valence-corrected chi connectivity index (χ2v) is 7.37. The van der Waals surface area contributed by atoms with Gasteiger partial charge in [0.1, 0.15) is 5.75 Å². The van der Waals surface area contributed by atoms with E-state index in [0.29, 0.717) is 18.2 Å². The van der Waals surface area contributed by atoms with Gasteiger partial charge in [-0.25, -0.2) is 4.99 Å². The van der Waals surface area contributed by atoms with Gasteiger partial charge in [-0.15, -0.1) is 0 Å². The number of hydrogen-bond acceptors (Lipinski definition) is 4. The smallest absolute Gasteiger partial charge is 0.259 e. The van der Waals surface area contributed by atoms with Crippen molar-refractivity contribution in [2.24, 2.45) is 10.9 Å². The summed E-state index contributed by atoms with van der Waals surface area (Å²) in [6.07, 6.45) is 1.17. The lowest BCUT2D eigenvalue weighted by molar-refractivity contribution is -0.130. The molecule has 0 aliphatic heterocycles. The molecule has 2 N–H and O–H groups in total. The zero-order chi connectivity index (χ0) is 21.6. The molecule has 0 fully saturated rings. The van der Waals surface area contributed by atoms with Crippen LogP contribution < -0.4 is 15.4 Å². The maximum absolute atomic E-state index is 11.7. The number of likely N-dealkylation sites (N-methyl/N-ethyl adjacent to an activating group) is 1. The normalized spacial score (nSPS) is 12.6. The molecule has 0 saturated heterocycles. The lowest BCUT2D eigenvalue weighted by atomic mass is 10.0. The molecule has 0 saturated carbocycles. The third-order valence-corrected chi connectivity index (χ3v) is 4.37. The van der Waals surface area contributed by atoms with E-state index in [2.05, 4.69) is 29.5 Å².